The van der Waals surface area contributed by atoms with Crippen LogP contribution in [0.5, 0.6) is 0 Å². The van der Waals surface area contributed by atoms with Gasteiger partial charge >= 0.3 is 5.97 Å². The highest BCUT2D eigenvalue weighted by atomic mass is 16.5. The number of hydrogen-bond acceptors (Lipinski definition) is 4. The summed E-state index contributed by atoms with van der Waals surface area (Å²) in [6, 6.07) is 0.414. The van der Waals surface area contributed by atoms with Gasteiger partial charge in [-0.1, -0.05) is 0 Å². The van der Waals surface area contributed by atoms with Crippen molar-refractivity contribution in [2.24, 2.45) is 5.41 Å². The normalized spacial score (nSPS) is 18.5. The molecule has 0 aliphatic heterocycles. The van der Waals surface area contributed by atoms with Crippen molar-refractivity contribution in [2.75, 3.05) is 20.7 Å². The van der Waals surface area contributed by atoms with Crippen molar-refractivity contribution in [1.29, 1.82) is 0 Å². The zero-order valence-corrected chi connectivity index (χ0v) is 11.3. The summed E-state index contributed by atoms with van der Waals surface area (Å²) in [6.07, 6.45) is 3.17. The largest absolute Gasteiger partial charge is 0.469 e. The van der Waals surface area contributed by atoms with Crippen LogP contribution in [0.2, 0.25) is 0 Å². The second-order valence-electron chi connectivity index (χ2n) is 5.56. The number of ketones is 1. The van der Waals surface area contributed by atoms with Gasteiger partial charge in [-0.15, -0.1) is 0 Å². The van der Waals surface area contributed by atoms with Crippen molar-refractivity contribution in [3.05, 3.63) is 0 Å². The van der Waals surface area contributed by atoms with Gasteiger partial charge in [0.1, 0.15) is 5.78 Å². The molecule has 0 saturated heterocycles. The van der Waals surface area contributed by atoms with Gasteiger partial charge < -0.3 is 9.64 Å². The maximum Gasteiger partial charge on any atom is 0.312 e. The Morgan fingerprint density at radius 1 is 1.41 bits per heavy atom. The van der Waals surface area contributed by atoms with E-state index in [0.29, 0.717) is 31.2 Å². The standard InChI is InChI=1S/C13H23NO3/c1-13(2,12(16)17-4)9-14(3)10-5-7-11(15)8-6-10/h10H,5-9H2,1-4H3. The van der Waals surface area contributed by atoms with E-state index in [9.17, 15) is 9.59 Å². The predicted octanol–water partition coefficient (Wildman–Crippen LogP) is 1.63. The topological polar surface area (TPSA) is 46.6 Å². The molecule has 0 atom stereocenters. The van der Waals surface area contributed by atoms with Gasteiger partial charge in [-0.3, -0.25) is 9.59 Å². The first-order valence-electron chi connectivity index (χ1n) is 6.17. The SMILES string of the molecule is COC(=O)C(C)(C)CN(C)C1CCC(=O)CC1. The molecule has 0 N–H and O–H groups in total. The molecule has 1 rings (SSSR count). The first-order valence-corrected chi connectivity index (χ1v) is 6.17. The summed E-state index contributed by atoms with van der Waals surface area (Å²) in [7, 11) is 3.44. The molecule has 98 valence electrons. The molecule has 0 unspecified atom stereocenters. The highest BCUT2D eigenvalue weighted by molar-refractivity contribution is 5.79. The van der Waals surface area contributed by atoms with Crippen LogP contribution in [0.25, 0.3) is 0 Å². The van der Waals surface area contributed by atoms with Gasteiger partial charge in [-0.05, 0) is 33.7 Å². The number of ether oxygens (including phenoxy) is 1. The van der Waals surface area contributed by atoms with Crippen LogP contribution >= 0.6 is 0 Å². The van der Waals surface area contributed by atoms with Gasteiger partial charge in [0.15, 0.2) is 0 Å². The number of nitrogens with zero attached hydrogens (tertiary/aromatic N) is 1. The van der Waals surface area contributed by atoms with Crippen LogP contribution in [0.1, 0.15) is 39.5 Å². The molecule has 4 nitrogen and oxygen atoms in total. The molecule has 0 aromatic carbocycles. The summed E-state index contributed by atoms with van der Waals surface area (Å²) in [4.78, 5) is 25.0. The van der Waals surface area contributed by atoms with Crippen molar-refractivity contribution >= 4 is 11.8 Å². The van der Waals surface area contributed by atoms with E-state index >= 15 is 0 Å². The molecular weight excluding hydrogens is 218 g/mol. The zero-order chi connectivity index (χ0) is 13.1. The minimum Gasteiger partial charge on any atom is -0.469 e. The Hall–Kier alpha value is -0.900. The summed E-state index contributed by atoms with van der Waals surface area (Å²) in [6.45, 7) is 4.45. The van der Waals surface area contributed by atoms with Gasteiger partial charge in [0.2, 0.25) is 0 Å². The Labute approximate surface area is 103 Å². The maximum atomic E-state index is 11.6. The number of methoxy groups -OCH3 is 1. The Balaban J connectivity index is 2.51. The van der Waals surface area contributed by atoms with E-state index in [4.69, 9.17) is 4.74 Å². The average Bonchev–Trinajstić information content (AvgIpc) is 2.28. The van der Waals surface area contributed by atoms with E-state index in [0.717, 1.165) is 12.8 Å². The molecule has 1 saturated carbocycles. The molecule has 0 spiro atoms. The smallest absolute Gasteiger partial charge is 0.312 e. The second kappa shape index (κ2) is 5.63. The van der Waals surface area contributed by atoms with Gasteiger partial charge in [0.25, 0.3) is 0 Å². The number of hydrogen-bond donors (Lipinski definition) is 0. The lowest BCUT2D eigenvalue weighted by Gasteiger charge is -2.35. The average molecular weight is 241 g/mol. The van der Waals surface area contributed by atoms with Crippen LogP contribution < -0.4 is 0 Å². The summed E-state index contributed by atoms with van der Waals surface area (Å²) >= 11 is 0. The Bertz CT molecular complexity index is 289. The van der Waals surface area contributed by atoms with Crippen molar-refractivity contribution in [2.45, 2.75) is 45.6 Å². The second-order valence-corrected chi connectivity index (χ2v) is 5.56. The molecule has 1 aliphatic rings. The molecule has 0 aromatic rings. The maximum absolute atomic E-state index is 11.6. The lowest BCUT2D eigenvalue weighted by molar-refractivity contribution is -0.152. The van der Waals surface area contributed by atoms with Crippen molar-refractivity contribution in [1.82, 2.24) is 4.90 Å². The van der Waals surface area contributed by atoms with Gasteiger partial charge in [-0.2, -0.15) is 0 Å². The van der Waals surface area contributed by atoms with Crippen molar-refractivity contribution in [3.8, 4) is 0 Å². The lowest BCUT2D eigenvalue weighted by atomic mass is 9.89. The third kappa shape index (κ3) is 3.80. The number of carbonyl (C=O) groups is 2. The third-order valence-corrected chi connectivity index (χ3v) is 3.52. The van der Waals surface area contributed by atoms with Crippen LogP contribution in [0.3, 0.4) is 0 Å². The minimum absolute atomic E-state index is 0.184. The summed E-state index contributed by atoms with van der Waals surface area (Å²) in [5.74, 6) is 0.179. The van der Waals surface area contributed by atoms with Crippen LogP contribution in [0, 0.1) is 5.41 Å². The molecule has 0 bridgehead atoms. The number of esters is 1. The van der Waals surface area contributed by atoms with Crippen LogP contribution in [-0.2, 0) is 14.3 Å². The van der Waals surface area contributed by atoms with E-state index < -0.39 is 5.41 Å². The van der Waals surface area contributed by atoms with Crippen molar-refractivity contribution in [3.63, 3.8) is 0 Å². The Morgan fingerprint density at radius 3 is 2.41 bits per heavy atom. The molecule has 0 heterocycles. The van der Waals surface area contributed by atoms with Crippen LogP contribution in [-0.4, -0.2) is 43.4 Å². The summed E-state index contributed by atoms with van der Waals surface area (Å²) in [5.41, 5.74) is -0.495. The molecule has 1 aliphatic carbocycles. The Kier molecular flexibility index (Phi) is 4.69. The summed E-state index contributed by atoms with van der Waals surface area (Å²) < 4.78 is 4.80. The molecule has 0 aromatic heterocycles. The van der Waals surface area contributed by atoms with Crippen LogP contribution in [0.15, 0.2) is 0 Å². The fraction of sp³-hybridized carbons (Fsp3) is 0.846. The first kappa shape index (κ1) is 14.2. The van der Waals surface area contributed by atoms with E-state index in [2.05, 4.69) is 4.90 Å². The number of Topliss-reactive ketones (excluding diaryl/α,β-unsaturated/α-hetero) is 1. The molecule has 1 fully saturated rings. The summed E-state index contributed by atoms with van der Waals surface area (Å²) in [5, 5.41) is 0. The first-order chi connectivity index (χ1) is 7.86. The van der Waals surface area contributed by atoms with E-state index in [1.807, 2.05) is 20.9 Å². The zero-order valence-electron chi connectivity index (χ0n) is 11.3. The van der Waals surface area contributed by atoms with Gasteiger partial charge in [0.05, 0.1) is 12.5 Å². The molecule has 0 amide bonds. The van der Waals surface area contributed by atoms with Crippen LogP contribution in [0.4, 0.5) is 0 Å². The van der Waals surface area contributed by atoms with Gasteiger partial charge in [0, 0.05) is 25.4 Å². The van der Waals surface area contributed by atoms with E-state index in [1.54, 1.807) is 0 Å². The molecule has 0 radical (unpaired) electrons. The van der Waals surface area contributed by atoms with Gasteiger partial charge in [-0.25, -0.2) is 0 Å². The quantitative estimate of drug-likeness (QED) is 0.702. The fourth-order valence-electron chi connectivity index (χ4n) is 2.46. The highest BCUT2D eigenvalue weighted by Gasteiger charge is 2.33. The third-order valence-electron chi connectivity index (χ3n) is 3.52. The number of carbonyl (C=O) groups excluding carboxylic acids is 2. The molecule has 4 heteroatoms. The number of rotatable bonds is 4. The minimum atomic E-state index is -0.495. The Morgan fingerprint density at radius 2 is 1.94 bits per heavy atom. The monoisotopic (exact) mass is 241 g/mol. The lowest BCUT2D eigenvalue weighted by Crippen LogP contribution is -2.44. The van der Waals surface area contributed by atoms with E-state index in [-0.39, 0.29) is 5.97 Å². The predicted molar refractivity (Wildman–Crippen MR) is 65.7 cm³/mol. The fourth-order valence-corrected chi connectivity index (χ4v) is 2.46. The van der Waals surface area contributed by atoms with Crippen molar-refractivity contribution < 1.29 is 14.3 Å². The van der Waals surface area contributed by atoms with E-state index in [1.165, 1.54) is 7.11 Å². The molecular formula is C13H23NO3. The highest BCUT2D eigenvalue weighted by Crippen LogP contribution is 2.24. The molecule has 17 heavy (non-hydrogen) atoms.